The third-order valence-electron chi connectivity index (χ3n) is 6.33. The Kier molecular flexibility index (Phi) is 6.38. The van der Waals surface area contributed by atoms with E-state index < -0.39 is 6.10 Å². The van der Waals surface area contributed by atoms with E-state index in [1.807, 2.05) is 4.90 Å². The molecular formula is C23H28FN3O4. The van der Waals surface area contributed by atoms with Gasteiger partial charge in [-0.3, -0.25) is 14.5 Å². The lowest BCUT2D eigenvalue weighted by atomic mass is 9.86. The second-order valence-corrected chi connectivity index (χ2v) is 8.28. The average molecular weight is 429 g/mol. The smallest absolute Gasteiger partial charge is 0.287 e. The van der Waals surface area contributed by atoms with Gasteiger partial charge in [0, 0.05) is 44.7 Å². The molecule has 2 N–H and O–H groups in total. The molecule has 1 aliphatic carbocycles. The maximum Gasteiger partial charge on any atom is 0.287 e. The second-order valence-electron chi connectivity index (χ2n) is 8.28. The predicted molar refractivity (Wildman–Crippen MR) is 113 cm³/mol. The number of hydrogen-bond donors (Lipinski definition) is 2. The number of piperazine rings is 1. The zero-order valence-corrected chi connectivity index (χ0v) is 17.6. The first kappa shape index (κ1) is 21.5. The molecule has 2 aromatic rings. The van der Waals surface area contributed by atoms with Crippen molar-refractivity contribution in [2.24, 2.45) is 0 Å². The number of rotatable bonds is 4. The summed E-state index contributed by atoms with van der Waals surface area (Å²) in [4.78, 5) is 28.3. The molecule has 1 aromatic heterocycles. The molecule has 1 saturated heterocycles. The Morgan fingerprint density at radius 1 is 1.06 bits per heavy atom. The third kappa shape index (κ3) is 4.80. The van der Waals surface area contributed by atoms with Gasteiger partial charge in [0.2, 0.25) is 5.91 Å². The van der Waals surface area contributed by atoms with Crippen LogP contribution in [0.4, 0.5) is 4.39 Å². The molecule has 2 heterocycles. The third-order valence-corrected chi connectivity index (χ3v) is 6.33. The molecule has 1 aliphatic heterocycles. The lowest BCUT2D eigenvalue weighted by Crippen LogP contribution is -2.60. The molecule has 31 heavy (non-hydrogen) atoms. The van der Waals surface area contributed by atoms with E-state index in [0.717, 1.165) is 25.9 Å². The van der Waals surface area contributed by atoms with E-state index in [-0.39, 0.29) is 35.5 Å². The summed E-state index contributed by atoms with van der Waals surface area (Å²) in [6.45, 7) is 4.34. The molecule has 7 nitrogen and oxygen atoms in total. The van der Waals surface area contributed by atoms with Crippen molar-refractivity contribution in [3.05, 3.63) is 48.0 Å². The molecule has 3 atom stereocenters. The van der Waals surface area contributed by atoms with Crippen molar-refractivity contribution in [2.75, 3.05) is 26.2 Å². The van der Waals surface area contributed by atoms with Crippen LogP contribution in [0.15, 0.2) is 40.8 Å². The molecule has 0 unspecified atom stereocenters. The second kappa shape index (κ2) is 9.20. The minimum Gasteiger partial charge on any atom is -0.451 e. The van der Waals surface area contributed by atoms with Gasteiger partial charge in [-0.2, -0.15) is 0 Å². The monoisotopic (exact) mass is 429 g/mol. The van der Waals surface area contributed by atoms with Gasteiger partial charge in [0.05, 0.1) is 12.1 Å². The van der Waals surface area contributed by atoms with Crippen LogP contribution in [0.1, 0.15) is 36.7 Å². The van der Waals surface area contributed by atoms with E-state index in [4.69, 9.17) is 4.42 Å². The standard InChI is InChI=1S/C23H28FN3O4/c1-15(28)26-11-13-27(14-12-26)19-4-2-3-18(22(19)29)25-23(30)21-10-9-20(31-21)16-5-7-17(24)8-6-16/h5-10,18-19,22,29H,2-4,11-14H2,1H3,(H,25,30)/t18-,19-,22-/m1/s1. The van der Waals surface area contributed by atoms with E-state index in [2.05, 4.69) is 10.2 Å². The quantitative estimate of drug-likeness (QED) is 0.779. The van der Waals surface area contributed by atoms with E-state index in [9.17, 15) is 19.1 Å². The van der Waals surface area contributed by atoms with Crippen molar-refractivity contribution in [2.45, 2.75) is 44.4 Å². The van der Waals surface area contributed by atoms with Gasteiger partial charge in [-0.15, -0.1) is 0 Å². The normalized spacial score (nSPS) is 24.7. The predicted octanol–water partition coefficient (Wildman–Crippen LogP) is 2.26. The van der Waals surface area contributed by atoms with Crippen LogP contribution in [0.2, 0.25) is 0 Å². The zero-order chi connectivity index (χ0) is 22.0. The first-order chi connectivity index (χ1) is 14.9. The van der Waals surface area contributed by atoms with Gasteiger partial charge in [0.15, 0.2) is 5.76 Å². The van der Waals surface area contributed by atoms with Gasteiger partial charge >= 0.3 is 0 Å². The molecular weight excluding hydrogens is 401 g/mol. The summed E-state index contributed by atoms with van der Waals surface area (Å²) in [5, 5.41) is 13.9. The first-order valence-corrected chi connectivity index (χ1v) is 10.8. The molecule has 1 aromatic carbocycles. The van der Waals surface area contributed by atoms with Crippen LogP contribution in [0.5, 0.6) is 0 Å². The molecule has 2 amide bonds. The van der Waals surface area contributed by atoms with Crippen molar-refractivity contribution in [1.82, 2.24) is 15.1 Å². The number of carbonyl (C=O) groups is 2. The average Bonchev–Trinajstić information content (AvgIpc) is 3.26. The Labute approximate surface area is 180 Å². The summed E-state index contributed by atoms with van der Waals surface area (Å²) in [7, 11) is 0. The van der Waals surface area contributed by atoms with Crippen molar-refractivity contribution in [3.8, 4) is 11.3 Å². The number of hydrogen-bond acceptors (Lipinski definition) is 5. The fourth-order valence-electron chi connectivity index (χ4n) is 4.55. The Bertz CT molecular complexity index is 921. The van der Waals surface area contributed by atoms with E-state index in [0.29, 0.717) is 30.8 Å². The number of amides is 2. The number of benzene rings is 1. The number of aliphatic hydroxyl groups is 1. The molecule has 1 saturated carbocycles. The van der Waals surface area contributed by atoms with Crippen LogP contribution in [0.3, 0.4) is 0 Å². The van der Waals surface area contributed by atoms with Crippen LogP contribution in [-0.4, -0.2) is 71.1 Å². The zero-order valence-electron chi connectivity index (χ0n) is 17.6. The minimum absolute atomic E-state index is 0.0421. The summed E-state index contributed by atoms with van der Waals surface area (Å²) >= 11 is 0. The van der Waals surface area contributed by atoms with Crippen molar-refractivity contribution in [3.63, 3.8) is 0 Å². The fourth-order valence-corrected chi connectivity index (χ4v) is 4.55. The van der Waals surface area contributed by atoms with E-state index in [1.165, 1.54) is 12.1 Å². The molecule has 8 heteroatoms. The summed E-state index contributed by atoms with van der Waals surface area (Å²) in [6, 6.07) is 8.72. The lowest BCUT2D eigenvalue weighted by Gasteiger charge is -2.44. The molecule has 0 bridgehead atoms. The summed E-state index contributed by atoms with van der Waals surface area (Å²) in [6.07, 6.45) is 1.78. The molecule has 166 valence electrons. The topological polar surface area (TPSA) is 86.0 Å². The van der Waals surface area contributed by atoms with Crippen molar-refractivity contribution < 1.29 is 23.5 Å². The first-order valence-electron chi connectivity index (χ1n) is 10.8. The van der Waals surface area contributed by atoms with Gasteiger partial charge in [-0.1, -0.05) is 0 Å². The molecule has 0 radical (unpaired) electrons. The number of aliphatic hydroxyl groups excluding tert-OH is 1. The number of nitrogens with one attached hydrogen (secondary N) is 1. The Morgan fingerprint density at radius 2 is 1.77 bits per heavy atom. The number of halogens is 1. The van der Waals surface area contributed by atoms with Crippen LogP contribution in [0, 0.1) is 5.82 Å². The summed E-state index contributed by atoms with van der Waals surface area (Å²) in [5.41, 5.74) is 0.683. The minimum atomic E-state index is -0.687. The highest BCUT2D eigenvalue weighted by molar-refractivity contribution is 5.92. The highest BCUT2D eigenvalue weighted by atomic mass is 19.1. The lowest BCUT2D eigenvalue weighted by molar-refractivity contribution is -0.131. The summed E-state index contributed by atoms with van der Waals surface area (Å²) in [5.74, 6) is 0.00278. The summed E-state index contributed by atoms with van der Waals surface area (Å²) < 4.78 is 18.8. The largest absolute Gasteiger partial charge is 0.451 e. The molecule has 2 aliphatic rings. The molecule has 2 fully saturated rings. The van der Waals surface area contributed by atoms with Gasteiger partial charge in [0.1, 0.15) is 11.6 Å². The molecule has 0 spiro atoms. The number of furan rings is 1. The van der Waals surface area contributed by atoms with Crippen LogP contribution in [-0.2, 0) is 4.79 Å². The van der Waals surface area contributed by atoms with Crippen LogP contribution < -0.4 is 5.32 Å². The van der Waals surface area contributed by atoms with Gasteiger partial charge in [0.25, 0.3) is 5.91 Å². The fraction of sp³-hybridized carbons (Fsp3) is 0.478. The molecule has 4 rings (SSSR count). The Morgan fingerprint density at radius 3 is 2.45 bits per heavy atom. The van der Waals surface area contributed by atoms with Gasteiger partial charge < -0.3 is 19.7 Å². The maximum absolute atomic E-state index is 13.1. The maximum atomic E-state index is 13.1. The van der Waals surface area contributed by atoms with Crippen LogP contribution >= 0.6 is 0 Å². The van der Waals surface area contributed by atoms with Crippen molar-refractivity contribution in [1.29, 1.82) is 0 Å². The highest BCUT2D eigenvalue weighted by Gasteiger charge is 2.37. The highest BCUT2D eigenvalue weighted by Crippen LogP contribution is 2.26. The van der Waals surface area contributed by atoms with Gasteiger partial charge in [-0.25, -0.2) is 4.39 Å². The number of carbonyl (C=O) groups excluding carboxylic acids is 2. The van der Waals surface area contributed by atoms with Crippen LogP contribution in [0.25, 0.3) is 11.3 Å². The van der Waals surface area contributed by atoms with E-state index >= 15 is 0 Å². The SMILES string of the molecule is CC(=O)N1CCN([C@@H]2CCC[C@@H](NC(=O)c3ccc(-c4ccc(F)cc4)o3)[C@H]2O)CC1. The van der Waals surface area contributed by atoms with Gasteiger partial charge in [-0.05, 0) is 55.7 Å². The van der Waals surface area contributed by atoms with E-state index in [1.54, 1.807) is 31.2 Å². The number of nitrogens with zero attached hydrogens (tertiary/aromatic N) is 2. The Balaban J connectivity index is 1.37. The Hall–Kier alpha value is -2.71. The van der Waals surface area contributed by atoms with Crippen molar-refractivity contribution >= 4 is 11.8 Å².